The largest absolute Gasteiger partial charge is 0.444 e. The maximum absolute atomic E-state index is 12.1. The van der Waals surface area contributed by atoms with E-state index in [-0.39, 0.29) is 6.09 Å². The van der Waals surface area contributed by atoms with Crippen LogP contribution in [0.4, 0.5) is 4.79 Å². The number of halogens is 1. The summed E-state index contributed by atoms with van der Waals surface area (Å²) in [6.07, 6.45) is 0.651. The van der Waals surface area contributed by atoms with Gasteiger partial charge in [-0.2, -0.15) is 0 Å². The van der Waals surface area contributed by atoms with Gasteiger partial charge in [-0.25, -0.2) is 4.79 Å². The maximum atomic E-state index is 12.1. The first-order valence-corrected chi connectivity index (χ1v) is 8.13. The van der Waals surface area contributed by atoms with Crippen molar-refractivity contribution in [3.05, 3.63) is 34.9 Å². The number of nitrogens with zero attached hydrogens (tertiary/aromatic N) is 1. The van der Waals surface area contributed by atoms with Gasteiger partial charge in [-0.15, -0.1) is 0 Å². The van der Waals surface area contributed by atoms with Gasteiger partial charge >= 0.3 is 6.09 Å². The van der Waals surface area contributed by atoms with Gasteiger partial charge in [0.1, 0.15) is 5.60 Å². The summed E-state index contributed by atoms with van der Waals surface area (Å²) in [4.78, 5) is 13.9. The Kier molecular flexibility index (Phi) is 7.69. The lowest BCUT2D eigenvalue weighted by Crippen LogP contribution is -2.40. The fourth-order valence-electron chi connectivity index (χ4n) is 1.97. The number of hydrogen-bond acceptors (Lipinski definition) is 3. The predicted octanol–water partition coefficient (Wildman–Crippen LogP) is 4.08. The molecule has 0 spiro atoms. The zero-order valence-electron chi connectivity index (χ0n) is 14.0. The fourth-order valence-corrected chi connectivity index (χ4v) is 2.17. The highest BCUT2D eigenvalue weighted by molar-refractivity contribution is 6.31. The standard InChI is InChI=1S/C17H27ClN2O2/c1-5-11-20(16(21)22-17(2,3)4)12-10-19-13-14-8-6-7-9-15(14)18/h6-9,19H,5,10-13H2,1-4H3. The van der Waals surface area contributed by atoms with Crippen LogP contribution in [0.1, 0.15) is 39.7 Å². The summed E-state index contributed by atoms with van der Waals surface area (Å²) in [5, 5.41) is 4.07. The summed E-state index contributed by atoms with van der Waals surface area (Å²) < 4.78 is 5.42. The molecule has 0 aliphatic heterocycles. The SMILES string of the molecule is CCCN(CCNCc1ccccc1Cl)C(=O)OC(C)(C)C. The van der Waals surface area contributed by atoms with Crippen molar-refractivity contribution in [2.45, 2.75) is 46.3 Å². The molecule has 5 heteroatoms. The lowest BCUT2D eigenvalue weighted by atomic mass is 10.2. The van der Waals surface area contributed by atoms with Crippen molar-refractivity contribution >= 4 is 17.7 Å². The molecule has 0 fully saturated rings. The molecule has 0 aromatic heterocycles. The normalized spacial score (nSPS) is 11.3. The van der Waals surface area contributed by atoms with Gasteiger partial charge < -0.3 is 15.0 Å². The lowest BCUT2D eigenvalue weighted by Gasteiger charge is -2.27. The second-order valence-electron chi connectivity index (χ2n) is 6.24. The van der Waals surface area contributed by atoms with Crippen LogP contribution in [0, 0.1) is 0 Å². The molecule has 1 rings (SSSR count). The average molecular weight is 327 g/mol. The van der Waals surface area contributed by atoms with E-state index in [4.69, 9.17) is 16.3 Å². The molecular weight excluding hydrogens is 300 g/mol. The monoisotopic (exact) mass is 326 g/mol. The van der Waals surface area contributed by atoms with Crippen LogP contribution in [0.25, 0.3) is 0 Å². The molecule has 1 N–H and O–H groups in total. The van der Waals surface area contributed by atoms with E-state index in [2.05, 4.69) is 12.2 Å². The smallest absolute Gasteiger partial charge is 0.410 e. The minimum absolute atomic E-state index is 0.256. The number of benzene rings is 1. The number of nitrogens with one attached hydrogen (secondary N) is 1. The van der Waals surface area contributed by atoms with Gasteiger partial charge in [-0.05, 0) is 38.8 Å². The number of carbonyl (C=O) groups is 1. The molecule has 0 radical (unpaired) electrons. The highest BCUT2D eigenvalue weighted by Crippen LogP contribution is 2.14. The number of rotatable bonds is 7. The molecule has 124 valence electrons. The average Bonchev–Trinajstić information content (AvgIpc) is 2.42. The Morgan fingerprint density at radius 1 is 1.27 bits per heavy atom. The molecule has 0 heterocycles. The molecule has 1 aromatic carbocycles. The van der Waals surface area contributed by atoms with Crippen LogP contribution in [-0.2, 0) is 11.3 Å². The zero-order chi connectivity index (χ0) is 16.6. The minimum atomic E-state index is -0.464. The highest BCUT2D eigenvalue weighted by atomic mass is 35.5. The second kappa shape index (κ2) is 9.01. The molecule has 1 aromatic rings. The Labute approximate surface area is 138 Å². The topological polar surface area (TPSA) is 41.6 Å². The third-order valence-corrected chi connectivity index (χ3v) is 3.35. The van der Waals surface area contributed by atoms with Crippen molar-refractivity contribution in [2.24, 2.45) is 0 Å². The van der Waals surface area contributed by atoms with Crippen LogP contribution in [0.2, 0.25) is 5.02 Å². The number of carbonyl (C=O) groups excluding carboxylic acids is 1. The van der Waals surface area contributed by atoms with Gasteiger partial charge in [0.15, 0.2) is 0 Å². The van der Waals surface area contributed by atoms with Crippen LogP contribution in [-0.4, -0.2) is 36.2 Å². The minimum Gasteiger partial charge on any atom is -0.444 e. The molecule has 0 bridgehead atoms. The zero-order valence-corrected chi connectivity index (χ0v) is 14.7. The number of amides is 1. The van der Waals surface area contributed by atoms with E-state index >= 15 is 0 Å². The molecule has 0 unspecified atom stereocenters. The molecule has 0 saturated heterocycles. The molecule has 1 amide bonds. The Morgan fingerprint density at radius 2 is 1.95 bits per heavy atom. The first-order chi connectivity index (χ1) is 10.3. The van der Waals surface area contributed by atoms with Gasteiger partial charge in [-0.3, -0.25) is 0 Å². The van der Waals surface area contributed by atoms with Crippen molar-refractivity contribution in [3.63, 3.8) is 0 Å². The van der Waals surface area contributed by atoms with Crippen LogP contribution in [0.15, 0.2) is 24.3 Å². The summed E-state index contributed by atoms with van der Waals surface area (Å²) in [5.41, 5.74) is 0.595. The number of ether oxygens (including phenoxy) is 1. The molecule has 22 heavy (non-hydrogen) atoms. The van der Waals surface area contributed by atoms with Gasteiger partial charge in [0.2, 0.25) is 0 Å². The van der Waals surface area contributed by atoms with Crippen molar-refractivity contribution in [1.82, 2.24) is 10.2 Å². The van der Waals surface area contributed by atoms with Crippen LogP contribution in [0.3, 0.4) is 0 Å². The van der Waals surface area contributed by atoms with Crippen molar-refractivity contribution < 1.29 is 9.53 Å². The van der Waals surface area contributed by atoms with Gasteiger partial charge in [0, 0.05) is 31.2 Å². The van der Waals surface area contributed by atoms with Crippen LogP contribution < -0.4 is 5.32 Å². The van der Waals surface area contributed by atoms with Crippen molar-refractivity contribution in [2.75, 3.05) is 19.6 Å². The Bertz CT molecular complexity index is 472. The summed E-state index contributed by atoms with van der Waals surface area (Å²) in [6, 6.07) is 7.75. The Morgan fingerprint density at radius 3 is 2.55 bits per heavy atom. The third kappa shape index (κ3) is 7.14. The van der Waals surface area contributed by atoms with E-state index in [1.165, 1.54) is 0 Å². The summed E-state index contributed by atoms with van der Waals surface area (Å²) in [6.45, 7) is 10.4. The molecule has 0 aliphatic rings. The van der Waals surface area contributed by atoms with Crippen LogP contribution in [0.5, 0.6) is 0 Å². The third-order valence-electron chi connectivity index (χ3n) is 2.98. The first-order valence-electron chi connectivity index (χ1n) is 7.75. The molecule has 0 atom stereocenters. The second-order valence-corrected chi connectivity index (χ2v) is 6.64. The summed E-state index contributed by atoms with van der Waals surface area (Å²) in [7, 11) is 0. The van der Waals surface area contributed by atoms with E-state index < -0.39 is 5.60 Å². The Balaban J connectivity index is 2.41. The van der Waals surface area contributed by atoms with E-state index in [0.29, 0.717) is 26.2 Å². The van der Waals surface area contributed by atoms with E-state index in [1.807, 2.05) is 45.0 Å². The van der Waals surface area contributed by atoms with E-state index in [1.54, 1.807) is 4.90 Å². The van der Waals surface area contributed by atoms with Crippen molar-refractivity contribution in [1.29, 1.82) is 0 Å². The molecule has 0 saturated carbocycles. The van der Waals surface area contributed by atoms with Crippen LogP contribution >= 0.6 is 11.6 Å². The molecular formula is C17H27ClN2O2. The van der Waals surface area contributed by atoms with Gasteiger partial charge in [0.05, 0.1) is 0 Å². The van der Waals surface area contributed by atoms with E-state index in [0.717, 1.165) is 17.0 Å². The quantitative estimate of drug-likeness (QED) is 0.768. The first kappa shape index (κ1) is 18.8. The Hall–Kier alpha value is -1.26. The number of hydrogen-bond donors (Lipinski definition) is 1. The summed E-state index contributed by atoms with van der Waals surface area (Å²) in [5.74, 6) is 0. The summed E-state index contributed by atoms with van der Waals surface area (Å²) >= 11 is 6.11. The maximum Gasteiger partial charge on any atom is 0.410 e. The van der Waals surface area contributed by atoms with E-state index in [9.17, 15) is 4.79 Å². The van der Waals surface area contributed by atoms with Gasteiger partial charge in [0.25, 0.3) is 0 Å². The predicted molar refractivity (Wildman–Crippen MR) is 91.3 cm³/mol. The molecule has 0 aliphatic carbocycles. The molecule has 4 nitrogen and oxygen atoms in total. The fraction of sp³-hybridized carbons (Fsp3) is 0.588. The highest BCUT2D eigenvalue weighted by Gasteiger charge is 2.21. The van der Waals surface area contributed by atoms with Gasteiger partial charge in [-0.1, -0.05) is 36.7 Å². The lowest BCUT2D eigenvalue weighted by molar-refractivity contribution is 0.0252. The van der Waals surface area contributed by atoms with Crippen molar-refractivity contribution in [3.8, 4) is 0 Å².